The van der Waals surface area contributed by atoms with Gasteiger partial charge in [0, 0.05) is 5.56 Å². The summed E-state index contributed by atoms with van der Waals surface area (Å²) in [5, 5.41) is 0. The number of rotatable bonds is 2. The zero-order valence-corrected chi connectivity index (χ0v) is 10.4. The van der Waals surface area contributed by atoms with Crippen LogP contribution in [0.1, 0.15) is 37.0 Å². The highest BCUT2D eigenvalue weighted by molar-refractivity contribution is 6.09. The van der Waals surface area contributed by atoms with Crippen molar-refractivity contribution in [2.75, 3.05) is 0 Å². The molecule has 88 valence electrons. The van der Waals surface area contributed by atoms with Crippen LogP contribution in [0.5, 0.6) is 0 Å². The van der Waals surface area contributed by atoms with Gasteiger partial charge in [0.1, 0.15) is 0 Å². The summed E-state index contributed by atoms with van der Waals surface area (Å²) in [5.41, 5.74) is 2.22. The Morgan fingerprint density at radius 3 is 2.53 bits per heavy atom. The minimum Gasteiger partial charge on any atom is -0.289 e. The molecule has 1 aromatic carbocycles. The summed E-state index contributed by atoms with van der Waals surface area (Å²) in [5.74, 6) is 1.51. The Labute approximate surface area is 103 Å². The predicted octanol–water partition coefficient (Wildman–Crippen LogP) is 3.86. The van der Waals surface area contributed by atoms with Crippen LogP contribution in [0.15, 0.2) is 42.0 Å². The van der Waals surface area contributed by atoms with E-state index in [4.69, 9.17) is 0 Å². The van der Waals surface area contributed by atoms with Gasteiger partial charge in [0.25, 0.3) is 0 Å². The summed E-state index contributed by atoms with van der Waals surface area (Å²) in [6.45, 7) is 4.61. The fourth-order valence-corrected chi connectivity index (χ4v) is 3.36. The van der Waals surface area contributed by atoms with Gasteiger partial charge in [0.05, 0.1) is 0 Å². The summed E-state index contributed by atoms with van der Waals surface area (Å²) >= 11 is 0. The quantitative estimate of drug-likeness (QED) is 0.700. The minimum atomic E-state index is 0.238. The van der Waals surface area contributed by atoms with Crippen molar-refractivity contribution in [3.63, 3.8) is 0 Å². The lowest BCUT2D eigenvalue weighted by molar-refractivity contribution is -0.00592. The van der Waals surface area contributed by atoms with Crippen molar-refractivity contribution in [1.29, 1.82) is 0 Å². The van der Waals surface area contributed by atoms with Crippen LogP contribution in [-0.2, 0) is 0 Å². The smallest absolute Gasteiger partial charge is 0.188 e. The van der Waals surface area contributed by atoms with Crippen LogP contribution in [0.25, 0.3) is 0 Å². The van der Waals surface area contributed by atoms with Crippen LogP contribution in [0, 0.1) is 17.3 Å². The van der Waals surface area contributed by atoms with Gasteiger partial charge < -0.3 is 0 Å². The second-order valence-electron chi connectivity index (χ2n) is 5.90. The maximum atomic E-state index is 12.5. The molecule has 1 nitrogen and oxygen atoms in total. The van der Waals surface area contributed by atoms with Crippen LogP contribution in [0.3, 0.4) is 0 Å². The molecule has 1 fully saturated rings. The van der Waals surface area contributed by atoms with E-state index in [-0.39, 0.29) is 5.78 Å². The molecule has 2 bridgehead atoms. The van der Waals surface area contributed by atoms with Crippen LogP contribution in [0.4, 0.5) is 0 Å². The first kappa shape index (κ1) is 10.8. The first-order chi connectivity index (χ1) is 8.10. The molecular formula is C16H18O. The van der Waals surface area contributed by atoms with E-state index in [1.807, 2.05) is 30.3 Å². The highest BCUT2D eigenvalue weighted by Gasteiger charge is 2.52. The zero-order chi connectivity index (χ0) is 12.0. The fourth-order valence-electron chi connectivity index (χ4n) is 3.36. The predicted molar refractivity (Wildman–Crippen MR) is 68.9 cm³/mol. The monoisotopic (exact) mass is 226 g/mol. The van der Waals surface area contributed by atoms with E-state index in [2.05, 4.69) is 19.9 Å². The molecule has 3 aliphatic rings. The first-order valence-corrected chi connectivity index (χ1v) is 6.40. The van der Waals surface area contributed by atoms with Crippen molar-refractivity contribution in [2.24, 2.45) is 17.3 Å². The Bertz CT molecular complexity index is 482. The highest BCUT2D eigenvalue weighted by atomic mass is 16.1. The second kappa shape index (κ2) is 3.56. The standard InChI is InChI=1S/C16H18O/c1-16(2)12-8-9-13(14(16)10-12)15(17)11-6-4-3-5-7-11/h3-7,9,12,14H,8,10H2,1-2H3. The molecule has 0 aliphatic heterocycles. The SMILES string of the molecule is CC1(C)C2CC=C(C(=O)c3ccccc3)C1C2. The van der Waals surface area contributed by atoms with Gasteiger partial charge in [0.2, 0.25) is 0 Å². The van der Waals surface area contributed by atoms with Gasteiger partial charge in [-0.05, 0) is 35.7 Å². The van der Waals surface area contributed by atoms with E-state index in [1.165, 1.54) is 6.42 Å². The summed E-state index contributed by atoms with van der Waals surface area (Å²) in [6.07, 6.45) is 4.47. The number of fused-ring (bicyclic) bond motifs is 1. The largest absolute Gasteiger partial charge is 0.289 e. The molecule has 0 saturated heterocycles. The maximum Gasteiger partial charge on any atom is 0.188 e. The molecular weight excluding hydrogens is 208 g/mol. The average molecular weight is 226 g/mol. The molecule has 0 aromatic heterocycles. The summed E-state index contributed by atoms with van der Waals surface area (Å²) < 4.78 is 0. The summed E-state index contributed by atoms with van der Waals surface area (Å²) in [4.78, 5) is 12.5. The Morgan fingerprint density at radius 2 is 1.94 bits per heavy atom. The Kier molecular flexibility index (Phi) is 2.25. The van der Waals surface area contributed by atoms with Gasteiger partial charge in [-0.15, -0.1) is 0 Å². The lowest BCUT2D eigenvalue weighted by Crippen LogP contribution is -2.49. The van der Waals surface area contributed by atoms with Gasteiger partial charge in [-0.1, -0.05) is 50.3 Å². The van der Waals surface area contributed by atoms with E-state index in [1.54, 1.807) is 0 Å². The number of hydrogen-bond acceptors (Lipinski definition) is 1. The van der Waals surface area contributed by atoms with Crippen molar-refractivity contribution in [2.45, 2.75) is 26.7 Å². The van der Waals surface area contributed by atoms with Gasteiger partial charge in [-0.25, -0.2) is 0 Å². The third-order valence-electron chi connectivity index (χ3n) is 4.77. The normalized spacial score (nSPS) is 29.2. The van der Waals surface area contributed by atoms with E-state index < -0.39 is 0 Å². The summed E-state index contributed by atoms with van der Waals surface area (Å²) in [7, 11) is 0. The molecule has 4 rings (SSSR count). The fraction of sp³-hybridized carbons (Fsp3) is 0.438. The second-order valence-corrected chi connectivity index (χ2v) is 5.90. The molecule has 0 radical (unpaired) electrons. The first-order valence-electron chi connectivity index (χ1n) is 6.40. The third-order valence-corrected chi connectivity index (χ3v) is 4.77. The van der Waals surface area contributed by atoms with Crippen molar-refractivity contribution in [3.8, 4) is 0 Å². The molecule has 1 heteroatoms. The molecule has 0 spiro atoms. The van der Waals surface area contributed by atoms with Gasteiger partial charge in [-0.2, -0.15) is 0 Å². The topological polar surface area (TPSA) is 17.1 Å². The van der Waals surface area contributed by atoms with Crippen molar-refractivity contribution in [3.05, 3.63) is 47.5 Å². The molecule has 2 atom stereocenters. The molecule has 3 aliphatic carbocycles. The Hall–Kier alpha value is -1.37. The van der Waals surface area contributed by atoms with Crippen LogP contribution in [0.2, 0.25) is 0 Å². The number of benzene rings is 1. The maximum absolute atomic E-state index is 12.5. The molecule has 0 N–H and O–H groups in total. The molecule has 1 saturated carbocycles. The van der Waals surface area contributed by atoms with Crippen LogP contribution >= 0.6 is 0 Å². The molecule has 17 heavy (non-hydrogen) atoms. The van der Waals surface area contributed by atoms with E-state index >= 15 is 0 Å². The Balaban J connectivity index is 1.92. The molecule has 1 aromatic rings. The van der Waals surface area contributed by atoms with Crippen molar-refractivity contribution in [1.82, 2.24) is 0 Å². The number of carbonyl (C=O) groups excluding carboxylic acids is 1. The van der Waals surface area contributed by atoms with Gasteiger partial charge >= 0.3 is 0 Å². The van der Waals surface area contributed by atoms with Crippen LogP contribution in [-0.4, -0.2) is 5.78 Å². The number of Topliss-reactive ketones (excluding diaryl/α,β-unsaturated/α-hetero) is 1. The highest BCUT2D eigenvalue weighted by Crippen LogP contribution is 2.59. The summed E-state index contributed by atoms with van der Waals surface area (Å²) in [6, 6.07) is 9.66. The molecule has 0 amide bonds. The Morgan fingerprint density at radius 1 is 1.24 bits per heavy atom. The molecule has 2 unspecified atom stereocenters. The number of ketones is 1. The van der Waals surface area contributed by atoms with Crippen molar-refractivity contribution >= 4 is 5.78 Å². The number of allylic oxidation sites excluding steroid dienone is 2. The van der Waals surface area contributed by atoms with E-state index in [0.717, 1.165) is 23.5 Å². The van der Waals surface area contributed by atoms with E-state index in [0.29, 0.717) is 11.3 Å². The van der Waals surface area contributed by atoms with Gasteiger partial charge in [-0.3, -0.25) is 4.79 Å². The lowest BCUT2D eigenvalue weighted by Gasteiger charge is -2.56. The van der Waals surface area contributed by atoms with Crippen LogP contribution < -0.4 is 0 Å². The third kappa shape index (κ3) is 1.49. The number of carbonyl (C=O) groups is 1. The zero-order valence-electron chi connectivity index (χ0n) is 10.4. The van der Waals surface area contributed by atoms with Gasteiger partial charge in [0.15, 0.2) is 5.78 Å². The minimum absolute atomic E-state index is 0.238. The number of hydrogen-bond donors (Lipinski definition) is 0. The molecule has 0 heterocycles. The van der Waals surface area contributed by atoms with E-state index in [9.17, 15) is 4.79 Å². The van der Waals surface area contributed by atoms with Crippen molar-refractivity contribution < 1.29 is 4.79 Å². The lowest BCUT2D eigenvalue weighted by atomic mass is 9.48. The average Bonchev–Trinajstić information content (AvgIpc) is 2.38.